The first-order chi connectivity index (χ1) is 12.2. The first-order valence-corrected chi connectivity index (χ1v) is 8.72. The van der Waals surface area contributed by atoms with Gasteiger partial charge in [0.1, 0.15) is 0 Å². The summed E-state index contributed by atoms with van der Waals surface area (Å²) in [6, 6.07) is 5.45. The molecule has 0 fully saturated rings. The zero-order chi connectivity index (χ0) is 18.9. The van der Waals surface area contributed by atoms with E-state index in [1.807, 2.05) is 40.0 Å². The molecule has 2 aromatic rings. The number of amides is 1. The van der Waals surface area contributed by atoms with Crippen LogP contribution in [0.5, 0.6) is 11.5 Å². The number of rotatable bonds is 5. The van der Waals surface area contributed by atoms with Gasteiger partial charge in [0.15, 0.2) is 24.7 Å². The first kappa shape index (κ1) is 18.4. The number of fused-ring (bicyclic) bond motifs is 1. The second-order valence-electron chi connectivity index (χ2n) is 7.33. The van der Waals surface area contributed by atoms with E-state index in [9.17, 15) is 4.79 Å². The lowest BCUT2D eigenvalue weighted by atomic mass is 10.1. The lowest BCUT2D eigenvalue weighted by molar-refractivity contribution is -0.895. The van der Waals surface area contributed by atoms with Crippen LogP contribution in [0.2, 0.25) is 0 Å². The van der Waals surface area contributed by atoms with Crippen LogP contribution in [-0.4, -0.2) is 41.6 Å². The largest absolute Gasteiger partial charge is 0.454 e. The van der Waals surface area contributed by atoms with E-state index in [4.69, 9.17) is 26.1 Å². The quantitative estimate of drug-likeness (QED) is 0.754. The van der Waals surface area contributed by atoms with Gasteiger partial charge < -0.3 is 24.1 Å². The molecule has 1 amide bonds. The Morgan fingerprint density at radius 1 is 1.35 bits per heavy atom. The highest BCUT2D eigenvalue weighted by Crippen LogP contribution is 2.35. The van der Waals surface area contributed by atoms with Gasteiger partial charge in [-0.1, -0.05) is 0 Å². The maximum Gasteiger partial charge on any atom is 0.292 e. The molecular weight excluding hydrogens is 356 g/mol. The van der Waals surface area contributed by atoms with Crippen LogP contribution in [0.1, 0.15) is 20.8 Å². The number of ether oxygens (including phenoxy) is 2. The lowest BCUT2D eigenvalue weighted by Crippen LogP contribution is -3.09. The summed E-state index contributed by atoms with van der Waals surface area (Å²) in [5.74, 6) is 1.72. The fraction of sp³-hybridized carbons (Fsp3) is 0.471. The highest BCUT2D eigenvalue weighted by Gasteiger charge is 2.20. The van der Waals surface area contributed by atoms with Crippen LogP contribution in [0.4, 0.5) is 0 Å². The predicted octanol–water partition coefficient (Wildman–Crippen LogP) is 0.988. The van der Waals surface area contributed by atoms with Crippen molar-refractivity contribution in [1.29, 1.82) is 0 Å². The number of nitrogens with one attached hydrogen (secondary N) is 2. The molecule has 1 unspecified atom stereocenters. The summed E-state index contributed by atoms with van der Waals surface area (Å²) in [4.78, 5) is 13.2. The molecule has 0 aliphatic carbocycles. The smallest absolute Gasteiger partial charge is 0.292 e. The van der Waals surface area contributed by atoms with Crippen LogP contribution in [-0.2, 0) is 11.5 Å². The maximum atomic E-state index is 12.0. The number of carbonyl (C=O) groups is 1. The number of carbonyl (C=O) groups excluding carboxylic acids is 1. The van der Waals surface area contributed by atoms with Crippen molar-refractivity contribution >= 4 is 18.1 Å². The Morgan fingerprint density at radius 2 is 2.08 bits per heavy atom. The van der Waals surface area contributed by atoms with Crippen molar-refractivity contribution in [2.45, 2.75) is 33.0 Å². The van der Waals surface area contributed by atoms with E-state index in [2.05, 4.69) is 10.4 Å². The molecule has 3 rings (SSSR count). The fourth-order valence-corrected chi connectivity index (χ4v) is 2.78. The summed E-state index contributed by atoms with van der Waals surface area (Å²) in [5.41, 5.74) is 0.496. The van der Waals surface area contributed by atoms with Crippen LogP contribution < -0.4 is 19.7 Å². The average Bonchev–Trinajstić information content (AvgIpc) is 3.11. The Bertz CT molecular complexity index is 868. The summed E-state index contributed by atoms with van der Waals surface area (Å²) in [6.07, 6.45) is 0. The summed E-state index contributed by atoms with van der Waals surface area (Å²) < 4.78 is 17.9. The highest BCUT2D eigenvalue weighted by atomic mass is 32.1. The van der Waals surface area contributed by atoms with Crippen molar-refractivity contribution in [1.82, 2.24) is 15.1 Å². The molecule has 140 valence electrons. The molecule has 8 nitrogen and oxygen atoms in total. The molecule has 2 heterocycles. The predicted molar refractivity (Wildman–Crippen MR) is 96.5 cm³/mol. The van der Waals surface area contributed by atoms with E-state index in [1.165, 1.54) is 0 Å². The topological polar surface area (TPSA) is 83.0 Å². The van der Waals surface area contributed by atoms with Crippen molar-refractivity contribution < 1.29 is 23.6 Å². The van der Waals surface area contributed by atoms with Gasteiger partial charge in [-0.25, -0.2) is 0 Å². The van der Waals surface area contributed by atoms with Gasteiger partial charge >= 0.3 is 0 Å². The van der Waals surface area contributed by atoms with E-state index in [-0.39, 0.29) is 23.1 Å². The van der Waals surface area contributed by atoms with Gasteiger partial charge in [0, 0.05) is 11.1 Å². The summed E-state index contributed by atoms with van der Waals surface area (Å²) in [7, 11) is 1.90. The lowest BCUT2D eigenvalue weighted by Gasteiger charge is -2.21. The molecule has 0 bridgehead atoms. The Kier molecular flexibility index (Phi) is 5.01. The van der Waals surface area contributed by atoms with Crippen LogP contribution in [0.3, 0.4) is 0 Å². The van der Waals surface area contributed by atoms with Crippen molar-refractivity contribution in [3.8, 4) is 23.0 Å². The Hall–Kier alpha value is -2.39. The van der Waals surface area contributed by atoms with E-state index in [1.54, 1.807) is 10.7 Å². The van der Waals surface area contributed by atoms with Gasteiger partial charge in [-0.2, -0.15) is 4.68 Å². The number of likely N-dealkylation sites (N-methyl/N-ethyl adjacent to an activating group) is 1. The molecular formula is C17H23N4O4S+. The fourth-order valence-electron chi connectivity index (χ4n) is 2.60. The third-order valence-electron chi connectivity index (χ3n) is 3.62. The zero-order valence-corrected chi connectivity index (χ0v) is 16.1. The molecule has 1 aliphatic heterocycles. The van der Waals surface area contributed by atoms with Gasteiger partial charge in [0.05, 0.1) is 7.05 Å². The third-order valence-corrected chi connectivity index (χ3v) is 3.92. The van der Waals surface area contributed by atoms with Gasteiger partial charge in [-0.3, -0.25) is 4.79 Å². The molecule has 1 aliphatic rings. The van der Waals surface area contributed by atoms with Crippen LogP contribution in [0, 0.1) is 4.84 Å². The Labute approximate surface area is 156 Å². The number of benzene rings is 1. The molecule has 0 saturated carbocycles. The number of hydrogen-bond donors (Lipinski definition) is 2. The van der Waals surface area contributed by atoms with Crippen LogP contribution in [0.25, 0.3) is 11.5 Å². The second kappa shape index (κ2) is 7.08. The Balaban J connectivity index is 1.68. The molecule has 9 heteroatoms. The molecule has 0 spiro atoms. The monoisotopic (exact) mass is 379 g/mol. The van der Waals surface area contributed by atoms with Crippen molar-refractivity contribution in [2.24, 2.45) is 0 Å². The standard InChI is InChI=1S/C17H22N4O4S/c1-17(2,3)18-14(22)8-20(4)9-21-16(26)25-15(19-21)11-5-6-12-13(7-11)24-10-23-12/h5-7H,8-10H2,1-4H3,(H,18,22)/p+1. The number of hydrogen-bond acceptors (Lipinski definition) is 6. The van der Waals surface area contributed by atoms with Gasteiger partial charge in [0.25, 0.3) is 10.7 Å². The molecule has 1 atom stereocenters. The van der Waals surface area contributed by atoms with Crippen LogP contribution >= 0.6 is 12.2 Å². The maximum absolute atomic E-state index is 12.0. The normalized spacial score (nSPS) is 14.3. The molecule has 2 N–H and O–H groups in total. The van der Waals surface area contributed by atoms with Gasteiger partial charge in [-0.15, -0.1) is 5.10 Å². The van der Waals surface area contributed by atoms with Gasteiger partial charge in [0.2, 0.25) is 12.7 Å². The molecule has 0 radical (unpaired) electrons. The zero-order valence-electron chi connectivity index (χ0n) is 15.3. The second-order valence-corrected chi connectivity index (χ2v) is 7.68. The number of quaternary nitrogens is 1. The molecule has 26 heavy (non-hydrogen) atoms. The highest BCUT2D eigenvalue weighted by molar-refractivity contribution is 7.71. The van der Waals surface area contributed by atoms with E-state index in [0.717, 1.165) is 10.5 Å². The molecule has 0 saturated heterocycles. The third kappa shape index (κ3) is 4.41. The number of aromatic nitrogens is 2. The summed E-state index contributed by atoms with van der Waals surface area (Å²) in [5, 5.41) is 7.36. The molecule has 1 aromatic carbocycles. The first-order valence-electron chi connectivity index (χ1n) is 8.31. The van der Waals surface area contributed by atoms with Crippen molar-refractivity contribution in [3.63, 3.8) is 0 Å². The van der Waals surface area contributed by atoms with Crippen LogP contribution in [0.15, 0.2) is 22.6 Å². The van der Waals surface area contributed by atoms with Crippen molar-refractivity contribution in [2.75, 3.05) is 20.4 Å². The van der Waals surface area contributed by atoms with E-state index < -0.39 is 0 Å². The average molecular weight is 379 g/mol. The minimum Gasteiger partial charge on any atom is -0.454 e. The Morgan fingerprint density at radius 3 is 2.81 bits per heavy atom. The minimum atomic E-state index is -0.256. The van der Waals surface area contributed by atoms with Gasteiger partial charge in [-0.05, 0) is 51.2 Å². The minimum absolute atomic E-state index is 0.0268. The molecule has 1 aromatic heterocycles. The van der Waals surface area contributed by atoms with E-state index in [0.29, 0.717) is 30.6 Å². The summed E-state index contributed by atoms with van der Waals surface area (Å²) in [6.45, 7) is 6.79. The van der Waals surface area contributed by atoms with E-state index >= 15 is 0 Å². The summed E-state index contributed by atoms with van der Waals surface area (Å²) >= 11 is 5.26. The number of nitrogens with zero attached hydrogens (tertiary/aromatic N) is 2. The van der Waals surface area contributed by atoms with Crippen molar-refractivity contribution in [3.05, 3.63) is 23.0 Å². The SMILES string of the molecule is C[NH+](CC(=O)NC(C)(C)C)Cn1nc(-c2ccc3c(c2)OCO3)oc1=S.